The van der Waals surface area contributed by atoms with Gasteiger partial charge in [-0.3, -0.25) is 9.48 Å². The van der Waals surface area contributed by atoms with Crippen molar-refractivity contribution in [2.75, 3.05) is 19.6 Å². The first kappa shape index (κ1) is 20.2. The summed E-state index contributed by atoms with van der Waals surface area (Å²) in [7, 11) is 0. The molecule has 0 bridgehead atoms. The zero-order chi connectivity index (χ0) is 13.8. The molecule has 2 rings (SSSR count). The van der Waals surface area contributed by atoms with E-state index in [0.29, 0.717) is 19.0 Å². The Bertz CT molecular complexity index is 448. The van der Waals surface area contributed by atoms with Gasteiger partial charge in [-0.05, 0) is 51.6 Å². The topological polar surface area (TPSA) is 64.2 Å². The Hall–Kier alpha value is -0.780. The first-order valence-electron chi connectivity index (χ1n) is 7.09. The molecule has 1 amide bonds. The summed E-state index contributed by atoms with van der Waals surface area (Å²) in [5.74, 6) is 0.746. The lowest BCUT2D eigenvalue weighted by Gasteiger charge is -2.32. The molecule has 122 valence electrons. The van der Waals surface area contributed by atoms with Gasteiger partial charge < -0.3 is 10.6 Å². The summed E-state index contributed by atoms with van der Waals surface area (Å²) in [5, 5.41) is 4.35. The quantitative estimate of drug-likeness (QED) is 0.913. The van der Waals surface area contributed by atoms with Crippen molar-refractivity contribution in [3.05, 3.63) is 17.5 Å². The highest BCUT2D eigenvalue weighted by molar-refractivity contribution is 5.85. The first-order chi connectivity index (χ1) is 9.10. The van der Waals surface area contributed by atoms with Gasteiger partial charge in [0, 0.05) is 18.8 Å². The number of aryl methyl sites for hydroxylation is 2. The Kier molecular flexibility index (Phi) is 8.94. The predicted molar refractivity (Wildman–Crippen MR) is 89.2 cm³/mol. The number of piperidine rings is 1. The number of halogens is 2. The van der Waals surface area contributed by atoms with Crippen LogP contribution in [-0.4, -0.2) is 40.2 Å². The van der Waals surface area contributed by atoms with E-state index in [1.165, 1.54) is 6.42 Å². The Labute approximate surface area is 139 Å². The average Bonchev–Trinajstić information content (AvgIpc) is 2.68. The molecule has 0 spiro atoms. The van der Waals surface area contributed by atoms with Crippen LogP contribution in [0, 0.1) is 19.8 Å². The van der Waals surface area contributed by atoms with Crippen LogP contribution in [0.25, 0.3) is 0 Å². The van der Waals surface area contributed by atoms with E-state index in [9.17, 15) is 4.79 Å². The van der Waals surface area contributed by atoms with Crippen LogP contribution in [0.1, 0.15) is 30.7 Å². The fourth-order valence-electron chi connectivity index (χ4n) is 2.83. The second-order valence-corrected chi connectivity index (χ2v) is 5.51. The van der Waals surface area contributed by atoms with Crippen molar-refractivity contribution in [2.24, 2.45) is 11.7 Å². The zero-order valence-corrected chi connectivity index (χ0v) is 14.4. The minimum Gasteiger partial charge on any atom is -0.341 e. The molecule has 0 radical (unpaired) electrons. The van der Waals surface area contributed by atoms with E-state index >= 15 is 0 Å². The number of amides is 1. The van der Waals surface area contributed by atoms with E-state index in [0.717, 1.165) is 37.3 Å². The number of nitrogens with zero attached hydrogens (tertiary/aromatic N) is 3. The Morgan fingerprint density at radius 2 is 2.14 bits per heavy atom. The van der Waals surface area contributed by atoms with Crippen LogP contribution in [0.4, 0.5) is 0 Å². The van der Waals surface area contributed by atoms with Gasteiger partial charge in [-0.25, -0.2) is 0 Å². The maximum Gasteiger partial charge on any atom is 0.244 e. The van der Waals surface area contributed by atoms with Crippen LogP contribution in [0.15, 0.2) is 6.07 Å². The number of carbonyl (C=O) groups is 1. The second kappa shape index (κ2) is 9.28. The van der Waals surface area contributed by atoms with E-state index in [2.05, 4.69) is 5.10 Å². The normalized spacial score (nSPS) is 17.9. The van der Waals surface area contributed by atoms with Gasteiger partial charge in [0.1, 0.15) is 6.54 Å². The highest BCUT2D eigenvalue weighted by atomic mass is 35.5. The van der Waals surface area contributed by atoms with Crippen molar-refractivity contribution in [3.8, 4) is 0 Å². The van der Waals surface area contributed by atoms with Crippen molar-refractivity contribution in [3.63, 3.8) is 0 Å². The maximum absolute atomic E-state index is 12.3. The van der Waals surface area contributed by atoms with E-state index in [-0.39, 0.29) is 30.7 Å². The third kappa shape index (κ3) is 5.49. The van der Waals surface area contributed by atoms with E-state index < -0.39 is 0 Å². The van der Waals surface area contributed by atoms with Crippen LogP contribution in [0.5, 0.6) is 0 Å². The van der Waals surface area contributed by atoms with Crippen LogP contribution in [0.3, 0.4) is 0 Å². The first-order valence-corrected chi connectivity index (χ1v) is 7.09. The molecule has 1 saturated heterocycles. The third-order valence-corrected chi connectivity index (χ3v) is 3.83. The van der Waals surface area contributed by atoms with Gasteiger partial charge in [0.2, 0.25) is 5.91 Å². The fraction of sp³-hybridized carbons (Fsp3) is 0.714. The molecule has 1 aliphatic heterocycles. The summed E-state index contributed by atoms with van der Waals surface area (Å²) in [4.78, 5) is 14.3. The summed E-state index contributed by atoms with van der Waals surface area (Å²) in [6.07, 6.45) is 3.30. The molecule has 1 aliphatic rings. The molecule has 1 aromatic heterocycles. The molecule has 2 heterocycles. The second-order valence-electron chi connectivity index (χ2n) is 5.51. The monoisotopic (exact) mass is 336 g/mol. The Balaban J connectivity index is 0.00000200. The largest absolute Gasteiger partial charge is 0.341 e. The molecule has 1 fully saturated rings. The van der Waals surface area contributed by atoms with Crippen molar-refractivity contribution in [2.45, 2.75) is 39.7 Å². The lowest BCUT2D eigenvalue weighted by molar-refractivity contribution is -0.133. The van der Waals surface area contributed by atoms with Crippen molar-refractivity contribution in [1.82, 2.24) is 14.7 Å². The average molecular weight is 337 g/mol. The van der Waals surface area contributed by atoms with E-state index in [1.807, 2.05) is 24.8 Å². The number of likely N-dealkylation sites (tertiary alicyclic amines) is 1. The third-order valence-electron chi connectivity index (χ3n) is 3.83. The van der Waals surface area contributed by atoms with Crippen molar-refractivity contribution >= 4 is 30.7 Å². The number of hydrogen-bond donors (Lipinski definition) is 1. The van der Waals surface area contributed by atoms with Crippen LogP contribution in [0.2, 0.25) is 0 Å². The molecular weight excluding hydrogens is 311 g/mol. The van der Waals surface area contributed by atoms with Crippen molar-refractivity contribution < 1.29 is 4.79 Å². The molecule has 2 N–H and O–H groups in total. The van der Waals surface area contributed by atoms with Gasteiger partial charge >= 0.3 is 0 Å². The summed E-state index contributed by atoms with van der Waals surface area (Å²) in [5.41, 5.74) is 7.62. The molecule has 7 heteroatoms. The van der Waals surface area contributed by atoms with Crippen LogP contribution in [-0.2, 0) is 11.3 Å². The summed E-state index contributed by atoms with van der Waals surface area (Å²) in [6, 6.07) is 2.00. The number of hydrogen-bond acceptors (Lipinski definition) is 3. The number of aromatic nitrogens is 2. The molecule has 0 aliphatic carbocycles. The van der Waals surface area contributed by atoms with Gasteiger partial charge in [0.15, 0.2) is 0 Å². The highest BCUT2D eigenvalue weighted by Gasteiger charge is 2.23. The molecule has 0 saturated carbocycles. The minimum absolute atomic E-state index is 0. The van der Waals surface area contributed by atoms with Gasteiger partial charge in [-0.2, -0.15) is 5.10 Å². The number of rotatable bonds is 4. The molecule has 5 nitrogen and oxygen atoms in total. The lowest BCUT2D eigenvalue weighted by atomic mass is 9.95. The Morgan fingerprint density at radius 1 is 1.43 bits per heavy atom. The standard InChI is InChI=1S/C14H24N4O.2ClH/c1-11-8-12(2)18(16-11)10-14(19)17-7-3-4-13(9-17)5-6-15;;/h8,13H,3-7,9-10,15H2,1-2H3;2*1H. The maximum atomic E-state index is 12.3. The SMILES string of the molecule is Cc1cc(C)n(CC(=O)N2CCCC(CCN)C2)n1.Cl.Cl. The predicted octanol–water partition coefficient (Wildman–Crippen LogP) is 1.93. The van der Waals surface area contributed by atoms with Crippen molar-refractivity contribution in [1.29, 1.82) is 0 Å². The van der Waals surface area contributed by atoms with Crippen LogP contribution >= 0.6 is 24.8 Å². The molecule has 1 atom stereocenters. The summed E-state index contributed by atoms with van der Waals surface area (Å²) >= 11 is 0. The molecule has 0 aromatic carbocycles. The zero-order valence-electron chi connectivity index (χ0n) is 12.7. The van der Waals surface area contributed by atoms with Crippen LogP contribution < -0.4 is 5.73 Å². The van der Waals surface area contributed by atoms with Gasteiger partial charge in [0.05, 0.1) is 5.69 Å². The minimum atomic E-state index is 0. The molecule has 1 unspecified atom stereocenters. The van der Waals surface area contributed by atoms with E-state index in [1.54, 1.807) is 4.68 Å². The van der Waals surface area contributed by atoms with Gasteiger partial charge in [-0.1, -0.05) is 0 Å². The highest BCUT2D eigenvalue weighted by Crippen LogP contribution is 2.19. The smallest absolute Gasteiger partial charge is 0.244 e. The lowest BCUT2D eigenvalue weighted by Crippen LogP contribution is -2.42. The van der Waals surface area contributed by atoms with Gasteiger partial charge in [0.25, 0.3) is 0 Å². The number of carbonyl (C=O) groups excluding carboxylic acids is 1. The molecular formula is C14H26Cl2N4O. The Morgan fingerprint density at radius 3 is 2.71 bits per heavy atom. The molecule has 21 heavy (non-hydrogen) atoms. The summed E-state index contributed by atoms with van der Waals surface area (Å²) < 4.78 is 1.80. The summed E-state index contributed by atoms with van der Waals surface area (Å²) in [6.45, 7) is 6.74. The fourth-order valence-corrected chi connectivity index (χ4v) is 2.83. The van der Waals surface area contributed by atoms with E-state index in [4.69, 9.17) is 5.73 Å². The molecule has 1 aromatic rings. The van der Waals surface area contributed by atoms with Gasteiger partial charge in [-0.15, -0.1) is 24.8 Å². The number of nitrogens with two attached hydrogens (primary N) is 1.